The average molecular weight is 309 g/mol. The van der Waals surface area contributed by atoms with Crippen LogP contribution in [0.1, 0.15) is 21.5 Å². The third-order valence-electron chi connectivity index (χ3n) is 3.98. The lowest BCUT2D eigenvalue weighted by Gasteiger charge is -2.34. The maximum Gasteiger partial charge on any atom is 0.186 e. The molecule has 0 N–H and O–H groups in total. The van der Waals surface area contributed by atoms with Crippen LogP contribution < -0.4 is 0 Å². The highest BCUT2D eigenvalue weighted by molar-refractivity contribution is 7.14. The zero-order valence-electron chi connectivity index (χ0n) is 13.5. The van der Waals surface area contributed by atoms with Crippen molar-refractivity contribution in [3.8, 4) is 0 Å². The minimum Gasteiger partial charge on any atom is -0.308 e. The number of Topliss-reactive ketones (excluding diaryl/α,β-unsaturated/α-hetero) is 1. The Kier molecular flexibility index (Phi) is 6.36. The normalized spacial score (nSPS) is 17.5. The van der Waals surface area contributed by atoms with Crippen LogP contribution in [0, 0.1) is 0 Å². The third-order valence-corrected chi connectivity index (χ3v) is 5.25. The first-order chi connectivity index (χ1) is 10.1. The zero-order valence-corrected chi connectivity index (χ0v) is 14.3. The summed E-state index contributed by atoms with van der Waals surface area (Å²) in [6.07, 6.45) is 1.02. The number of ketones is 1. The van der Waals surface area contributed by atoms with E-state index in [0.29, 0.717) is 6.54 Å². The van der Waals surface area contributed by atoms with Crippen LogP contribution in [0.3, 0.4) is 0 Å². The van der Waals surface area contributed by atoms with Gasteiger partial charge in [-0.15, -0.1) is 11.3 Å². The fourth-order valence-corrected chi connectivity index (χ4v) is 3.39. The lowest BCUT2D eigenvalue weighted by molar-refractivity contribution is 0.0848. The summed E-state index contributed by atoms with van der Waals surface area (Å²) < 4.78 is 0. The number of rotatable bonds is 7. The molecule has 5 heteroatoms. The molecule has 0 bridgehead atoms. The minimum absolute atomic E-state index is 0.279. The van der Waals surface area contributed by atoms with Crippen molar-refractivity contribution in [3.63, 3.8) is 0 Å². The predicted octanol–water partition coefficient (Wildman–Crippen LogP) is 1.67. The largest absolute Gasteiger partial charge is 0.308 e. The molecule has 1 aromatic rings. The van der Waals surface area contributed by atoms with Gasteiger partial charge in [-0.05, 0) is 32.6 Å². The first-order valence-electron chi connectivity index (χ1n) is 7.80. The lowest BCUT2D eigenvalue weighted by atomic mass is 10.2. The molecule has 2 heterocycles. The van der Waals surface area contributed by atoms with E-state index in [2.05, 4.69) is 41.8 Å². The number of aryl methyl sites for hydroxylation is 1. The van der Waals surface area contributed by atoms with Crippen LogP contribution in [0.5, 0.6) is 0 Å². The number of hydrogen-bond acceptors (Lipinski definition) is 5. The molecular formula is C16H27N3OS. The van der Waals surface area contributed by atoms with Crippen LogP contribution in [-0.4, -0.2) is 80.4 Å². The number of nitrogens with zero attached hydrogens (tertiary/aromatic N) is 3. The van der Waals surface area contributed by atoms with E-state index >= 15 is 0 Å². The Morgan fingerprint density at radius 2 is 1.86 bits per heavy atom. The molecule has 118 valence electrons. The van der Waals surface area contributed by atoms with Crippen molar-refractivity contribution in [3.05, 3.63) is 21.9 Å². The summed E-state index contributed by atoms with van der Waals surface area (Å²) in [6.45, 7) is 9.10. The van der Waals surface area contributed by atoms with Crippen LogP contribution in [0.15, 0.2) is 12.1 Å². The van der Waals surface area contributed by atoms with Gasteiger partial charge in [0.15, 0.2) is 5.78 Å². The standard InChI is InChI=1S/C16H27N3OS/c1-4-14-5-6-16(21-14)15(20)13-19-11-9-18(10-12-19)8-7-17(2)3/h5-6H,4,7-13H2,1-3H3. The van der Waals surface area contributed by atoms with Crippen LogP contribution in [0.2, 0.25) is 0 Å². The molecule has 0 atom stereocenters. The molecule has 1 saturated heterocycles. The van der Waals surface area contributed by atoms with Crippen molar-refractivity contribution in [2.45, 2.75) is 13.3 Å². The average Bonchev–Trinajstić information content (AvgIpc) is 2.95. The van der Waals surface area contributed by atoms with Gasteiger partial charge in [0.2, 0.25) is 0 Å². The summed E-state index contributed by atoms with van der Waals surface area (Å²) in [4.78, 5) is 21.5. The molecule has 0 aliphatic carbocycles. The SMILES string of the molecule is CCc1ccc(C(=O)CN2CCN(CCN(C)C)CC2)s1. The van der Waals surface area contributed by atoms with Gasteiger partial charge in [-0.25, -0.2) is 0 Å². The molecule has 0 aromatic carbocycles. The first kappa shape index (κ1) is 16.6. The quantitative estimate of drug-likeness (QED) is 0.716. The van der Waals surface area contributed by atoms with Gasteiger partial charge in [0, 0.05) is 44.1 Å². The van der Waals surface area contributed by atoms with Gasteiger partial charge < -0.3 is 4.90 Å². The summed E-state index contributed by atoms with van der Waals surface area (Å²) in [5, 5.41) is 0. The molecule has 4 nitrogen and oxygen atoms in total. The highest BCUT2D eigenvalue weighted by Crippen LogP contribution is 2.18. The Hall–Kier alpha value is -0.750. The maximum atomic E-state index is 12.3. The van der Waals surface area contributed by atoms with Crippen molar-refractivity contribution >= 4 is 17.1 Å². The number of carbonyl (C=O) groups is 1. The molecule has 1 aromatic heterocycles. The monoisotopic (exact) mass is 309 g/mol. The number of thiophene rings is 1. The van der Waals surface area contributed by atoms with E-state index in [4.69, 9.17) is 0 Å². The molecule has 0 amide bonds. The molecule has 2 rings (SSSR count). The molecule has 0 radical (unpaired) electrons. The van der Waals surface area contributed by atoms with Gasteiger partial charge in [-0.2, -0.15) is 0 Å². The summed E-state index contributed by atoms with van der Waals surface area (Å²) in [6, 6.07) is 4.07. The Balaban J connectivity index is 1.74. The van der Waals surface area contributed by atoms with Crippen molar-refractivity contribution in [1.82, 2.24) is 14.7 Å². The number of hydrogen-bond donors (Lipinski definition) is 0. The smallest absolute Gasteiger partial charge is 0.186 e. The van der Waals surface area contributed by atoms with Crippen LogP contribution in [0.25, 0.3) is 0 Å². The topological polar surface area (TPSA) is 26.8 Å². The summed E-state index contributed by atoms with van der Waals surface area (Å²) in [5.41, 5.74) is 0. The van der Waals surface area contributed by atoms with E-state index in [0.717, 1.165) is 50.6 Å². The van der Waals surface area contributed by atoms with Crippen LogP contribution in [-0.2, 0) is 6.42 Å². The highest BCUT2D eigenvalue weighted by atomic mass is 32.1. The lowest BCUT2D eigenvalue weighted by Crippen LogP contribution is -2.49. The fraction of sp³-hybridized carbons (Fsp3) is 0.688. The first-order valence-corrected chi connectivity index (χ1v) is 8.61. The molecule has 21 heavy (non-hydrogen) atoms. The number of likely N-dealkylation sites (N-methyl/N-ethyl adjacent to an activating group) is 1. The third kappa shape index (κ3) is 5.18. The van der Waals surface area contributed by atoms with Crippen molar-refractivity contribution in [1.29, 1.82) is 0 Å². The molecule has 0 saturated carbocycles. The highest BCUT2D eigenvalue weighted by Gasteiger charge is 2.20. The van der Waals surface area contributed by atoms with E-state index in [1.54, 1.807) is 11.3 Å². The summed E-state index contributed by atoms with van der Waals surface area (Å²) >= 11 is 1.65. The van der Waals surface area contributed by atoms with Crippen LogP contribution >= 0.6 is 11.3 Å². The molecule has 1 aliphatic rings. The fourth-order valence-electron chi connectivity index (χ4n) is 2.51. The van der Waals surface area contributed by atoms with E-state index < -0.39 is 0 Å². The predicted molar refractivity (Wildman–Crippen MR) is 89.5 cm³/mol. The van der Waals surface area contributed by atoms with Gasteiger partial charge in [0.25, 0.3) is 0 Å². The van der Waals surface area contributed by atoms with E-state index in [9.17, 15) is 4.79 Å². The van der Waals surface area contributed by atoms with E-state index in [1.807, 2.05) is 6.07 Å². The minimum atomic E-state index is 0.279. The van der Waals surface area contributed by atoms with Gasteiger partial charge in [-0.3, -0.25) is 14.6 Å². The molecule has 1 aliphatic heterocycles. The van der Waals surface area contributed by atoms with Crippen LogP contribution in [0.4, 0.5) is 0 Å². The molecule has 0 unspecified atom stereocenters. The van der Waals surface area contributed by atoms with E-state index in [-0.39, 0.29) is 5.78 Å². The second kappa shape index (κ2) is 8.03. The van der Waals surface area contributed by atoms with Crippen molar-refractivity contribution in [2.75, 3.05) is 59.9 Å². The van der Waals surface area contributed by atoms with Gasteiger partial charge in [0.05, 0.1) is 11.4 Å². The van der Waals surface area contributed by atoms with Gasteiger partial charge >= 0.3 is 0 Å². The Morgan fingerprint density at radius 1 is 1.19 bits per heavy atom. The zero-order chi connectivity index (χ0) is 15.2. The van der Waals surface area contributed by atoms with Crippen molar-refractivity contribution in [2.24, 2.45) is 0 Å². The molecular weight excluding hydrogens is 282 g/mol. The van der Waals surface area contributed by atoms with E-state index in [1.165, 1.54) is 4.88 Å². The number of carbonyl (C=O) groups excluding carboxylic acids is 1. The Bertz CT molecular complexity index is 450. The second-order valence-corrected chi connectivity index (χ2v) is 7.13. The summed E-state index contributed by atoms with van der Waals surface area (Å²) in [7, 11) is 4.22. The van der Waals surface area contributed by atoms with Crippen molar-refractivity contribution < 1.29 is 4.79 Å². The summed E-state index contributed by atoms with van der Waals surface area (Å²) in [5.74, 6) is 0.279. The van der Waals surface area contributed by atoms with Gasteiger partial charge in [-0.1, -0.05) is 6.92 Å². The maximum absolute atomic E-state index is 12.3. The number of piperazine rings is 1. The molecule has 0 spiro atoms. The second-order valence-electron chi connectivity index (χ2n) is 5.96. The Labute approximate surface area is 132 Å². The molecule has 1 fully saturated rings. The Morgan fingerprint density at radius 3 is 2.43 bits per heavy atom. The van der Waals surface area contributed by atoms with Gasteiger partial charge in [0.1, 0.15) is 0 Å².